The molecule has 7 nitrogen and oxygen atoms in total. The molecule has 0 radical (unpaired) electrons. The number of likely N-dealkylation sites (tertiary alicyclic amines) is 1. The number of carbonyl (C=O) groups is 2. The predicted molar refractivity (Wildman–Crippen MR) is 128 cm³/mol. The van der Waals surface area contributed by atoms with Crippen LogP contribution < -0.4 is 9.47 Å². The van der Waals surface area contributed by atoms with E-state index in [9.17, 15) is 14.7 Å². The highest BCUT2D eigenvalue weighted by Gasteiger charge is 2.46. The molecule has 1 aliphatic heterocycles. The van der Waals surface area contributed by atoms with Crippen molar-refractivity contribution in [1.29, 1.82) is 0 Å². The van der Waals surface area contributed by atoms with Crippen LogP contribution in [-0.4, -0.2) is 40.4 Å². The van der Waals surface area contributed by atoms with Crippen molar-refractivity contribution in [3.63, 3.8) is 0 Å². The Balaban J connectivity index is 1.88. The van der Waals surface area contributed by atoms with Crippen LogP contribution in [0.1, 0.15) is 29.7 Å². The number of hydrogen-bond donors (Lipinski definition) is 1. The Kier molecular flexibility index (Phi) is 6.84. The first-order chi connectivity index (χ1) is 16.4. The first kappa shape index (κ1) is 23.3. The average Bonchev–Trinajstić information content (AvgIpc) is 3.10. The lowest BCUT2D eigenvalue weighted by Gasteiger charge is -2.26. The molecule has 3 aromatic rings. The highest BCUT2D eigenvalue weighted by Crippen LogP contribution is 2.42. The van der Waals surface area contributed by atoms with Crippen LogP contribution in [0, 0.1) is 0 Å². The minimum absolute atomic E-state index is 0.0116. The van der Waals surface area contributed by atoms with Gasteiger partial charge in [-0.1, -0.05) is 23.7 Å². The van der Waals surface area contributed by atoms with E-state index in [1.165, 1.54) is 12.0 Å². The second-order valence-electron chi connectivity index (χ2n) is 7.64. The second-order valence-corrected chi connectivity index (χ2v) is 8.07. The number of aliphatic hydroxyl groups excluding tert-OH is 1. The number of halogens is 1. The van der Waals surface area contributed by atoms with Gasteiger partial charge in [-0.05, 0) is 60.5 Å². The smallest absolute Gasteiger partial charge is 0.295 e. The molecule has 0 saturated carbocycles. The molecular weight excluding hydrogens is 456 g/mol. The number of aromatic nitrogens is 1. The van der Waals surface area contributed by atoms with E-state index in [1.54, 1.807) is 60.9 Å². The van der Waals surface area contributed by atoms with Gasteiger partial charge in [0.25, 0.3) is 11.7 Å². The first-order valence-electron chi connectivity index (χ1n) is 10.7. The Bertz CT molecular complexity index is 1240. The van der Waals surface area contributed by atoms with E-state index in [0.29, 0.717) is 34.3 Å². The van der Waals surface area contributed by atoms with Crippen LogP contribution in [0.4, 0.5) is 0 Å². The monoisotopic (exact) mass is 478 g/mol. The summed E-state index contributed by atoms with van der Waals surface area (Å²) < 4.78 is 11.1. The molecule has 1 aliphatic rings. The van der Waals surface area contributed by atoms with Gasteiger partial charge in [-0.25, -0.2) is 0 Å². The first-order valence-corrected chi connectivity index (χ1v) is 11.1. The van der Waals surface area contributed by atoms with Gasteiger partial charge in [0.1, 0.15) is 5.76 Å². The zero-order chi connectivity index (χ0) is 24.2. The summed E-state index contributed by atoms with van der Waals surface area (Å²) in [6, 6.07) is 14.3. The van der Waals surface area contributed by atoms with Crippen molar-refractivity contribution in [2.24, 2.45) is 0 Å². The van der Waals surface area contributed by atoms with Crippen LogP contribution in [0.25, 0.3) is 5.76 Å². The molecule has 8 heteroatoms. The Hall–Kier alpha value is -3.84. The molecule has 1 amide bonds. The quantitative estimate of drug-likeness (QED) is 0.299. The molecule has 0 bridgehead atoms. The van der Waals surface area contributed by atoms with E-state index in [1.807, 2.05) is 13.0 Å². The molecule has 0 spiro atoms. The summed E-state index contributed by atoms with van der Waals surface area (Å²) >= 11 is 5.98. The lowest BCUT2D eigenvalue weighted by atomic mass is 9.95. The number of ether oxygens (including phenoxy) is 2. The van der Waals surface area contributed by atoms with Gasteiger partial charge in [0.15, 0.2) is 11.5 Å². The van der Waals surface area contributed by atoms with Gasteiger partial charge in [-0.2, -0.15) is 0 Å². The number of aliphatic hydroxyl groups is 1. The number of nitrogens with zero attached hydrogens (tertiary/aromatic N) is 2. The normalized spacial score (nSPS) is 17.1. The average molecular weight is 479 g/mol. The molecule has 1 atom stereocenters. The van der Waals surface area contributed by atoms with Gasteiger partial charge in [0.05, 0.1) is 25.3 Å². The number of pyridine rings is 1. The second kappa shape index (κ2) is 9.97. The van der Waals surface area contributed by atoms with Crippen molar-refractivity contribution >= 4 is 29.1 Å². The van der Waals surface area contributed by atoms with E-state index < -0.39 is 17.7 Å². The fourth-order valence-electron chi connectivity index (χ4n) is 3.97. The standard InChI is InChI=1S/C26H23ClN2O5/c1-3-34-20-11-8-18(13-21(20)33-2)23-22(24(30)17-6-9-19(27)10-7-17)25(31)26(32)29(23)15-16-5-4-12-28-14-16/h4-14,23,30H,3,15H2,1-2H3/t23-/m1/s1. The number of amides is 1. The topological polar surface area (TPSA) is 89.0 Å². The van der Waals surface area contributed by atoms with Crippen molar-refractivity contribution in [3.8, 4) is 11.5 Å². The fourth-order valence-corrected chi connectivity index (χ4v) is 4.10. The van der Waals surface area contributed by atoms with Crippen LogP contribution in [0.15, 0.2) is 72.6 Å². The Labute approximate surface area is 202 Å². The Morgan fingerprint density at radius 2 is 1.88 bits per heavy atom. The molecule has 34 heavy (non-hydrogen) atoms. The van der Waals surface area contributed by atoms with Crippen molar-refractivity contribution < 1.29 is 24.2 Å². The zero-order valence-electron chi connectivity index (χ0n) is 18.7. The molecule has 1 fully saturated rings. The highest BCUT2D eigenvalue weighted by atomic mass is 35.5. The summed E-state index contributed by atoms with van der Waals surface area (Å²) in [5.74, 6) is -0.763. The molecule has 1 N–H and O–H groups in total. The summed E-state index contributed by atoms with van der Waals surface area (Å²) in [6.45, 7) is 2.45. The van der Waals surface area contributed by atoms with Gasteiger partial charge in [-0.3, -0.25) is 14.6 Å². The largest absolute Gasteiger partial charge is 0.507 e. The number of methoxy groups -OCH3 is 1. The molecule has 1 aromatic heterocycles. The summed E-state index contributed by atoms with van der Waals surface area (Å²) in [7, 11) is 1.52. The number of carbonyl (C=O) groups excluding carboxylic acids is 2. The summed E-state index contributed by atoms with van der Waals surface area (Å²) in [4.78, 5) is 31.9. The Morgan fingerprint density at radius 1 is 1.12 bits per heavy atom. The van der Waals surface area contributed by atoms with E-state index >= 15 is 0 Å². The third-order valence-electron chi connectivity index (χ3n) is 5.54. The van der Waals surface area contributed by atoms with E-state index in [0.717, 1.165) is 5.56 Å². The molecule has 0 unspecified atom stereocenters. The molecule has 2 aromatic carbocycles. The van der Waals surface area contributed by atoms with Gasteiger partial charge in [-0.15, -0.1) is 0 Å². The SMILES string of the molecule is CCOc1ccc([C@@H]2C(=C(O)c3ccc(Cl)cc3)C(=O)C(=O)N2Cc2cccnc2)cc1OC. The van der Waals surface area contributed by atoms with Crippen LogP contribution in [-0.2, 0) is 16.1 Å². The maximum Gasteiger partial charge on any atom is 0.295 e. The highest BCUT2D eigenvalue weighted by molar-refractivity contribution is 6.46. The van der Waals surface area contributed by atoms with Gasteiger partial charge in [0.2, 0.25) is 0 Å². The number of hydrogen-bond acceptors (Lipinski definition) is 6. The molecule has 2 heterocycles. The number of ketones is 1. The third kappa shape index (κ3) is 4.47. The van der Waals surface area contributed by atoms with Crippen molar-refractivity contribution in [2.75, 3.05) is 13.7 Å². The molecular formula is C26H23ClN2O5. The van der Waals surface area contributed by atoms with E-state index in [4.69, 9.17) is 21.1 Å². The maximum absolute atomic E-state index is 13.2. The minimum atomic E-state index is -0.847. The van der Waals surface area contributed by atoms with Crippen LogP contribution in [0.3, 0.4) is 0 Å². The predicted octanol–water partition coefficient (Wildman–Crippen LogP) is 4.76. The van der Waals surface area contributed by atoms with E-state index in [-0.39, 0.29) is 17.9 Å². The molecule has 1 saturated heterocycles. The lowest BCUT2D eigenvalue weighted by Crippen LogP contribution is -2.29. The van der Waals surface area contributed by atoms with Gasteiger partial charge in [0, 0.05) is 29.5 Å². The maximum atomic E-state index is 13.2. The van der Waals surface area contributed by atoms with Crippen LogP contribution >= 0.6 is 11.6 Å². The van der Waals surface area contributed by atoms with Crippen molar-refractivity contribution in [1.82, 2.24) is 9.88 Å². The lowest BCUT2D eigenvalue weighted by molar-refractivity contribution is -0.140. The third-order valence-corrected chi connectivity index (χ3v) is 5.79. The van der Waals surface area contributed by atoms with E-state index in [2.05, 4.69) is 4.98 Å². The number of rotatable bonds is 7. The van der Waals surface area contributed by atoms with Gasteiger partial charge >= 0.3 is 0 Å². The number of benzene rings is 2. The van der Waals surface area contributed by atoms with Crippen molar-refractivity contribution in [2.45, 2.75) is 19.5 Å². The van der Waals surface area contributed by atoms with Crippen LogP contribution in [0.5, 0.6) is 11.5 Å². The molecule has 0 aliphatic carbocycles. The fraction of sp³-hybridized carbons (Fsp3) is 0.192. The molecule has 174 valence electrons. The summed E-state index contributed by atoms with van der Waals surface area (Å²) in [5.41, 5.74) is 1.71. The number of Topliss-reactive ketones (excluding diaryl/α,β-unsaturated/α-hetero) is 1. The summed E-state index contributed by atoms with van der Waals surface area (Å²) in [5, 5.41) is 11.6. The Morgan fingerprint density at radius 3 is 2.53 bits per heavy atom. The zero-order valence-corrected chi connectivity index (χ0v) is 19.5. The summed E-state index contributed by atoms with van der Waals surface area (Å²) in [6.07, 6.45) is 3.27. The van der Waals surface area contributed by atoms with Gasteiger partial charge < -0.3 is 19.5 Å². The van der Waals surface area contributed by atoms with Crippen molar-refractivity contribution in [3.05, 3.63) is 94.3 Å². The molecule has 4 rings (SSSR count). The van der Waals surface area contributed by atoms with Crippen LogP contribution in [0.2, 0.25) is 5.02 Å². The minimum Gasteiger partial charge on any atom is -0.507 e.